The van der Waals surface area contributed by atoms with Gasteiger partial charge in [-0.2, -0.15) is 10.2 Å². The van der Waals surface area contributed by atoms with Gasteiger partial charge in [0.25, 0.3) is 0 Å². The molecule has 0 radical (unpaired) electrons. The molecule has 1 N–H and O–H groups in total. The van der Waals surface area contributed by atoms with Gasteiger partial charge in [-0.15, -0.1) is 11.8 Å². The van der Waals surface area contributed by atoms with E-state index >= 15 is 0 Å². The number of carbonyl (C=O) groups excluding carboxylic acids is 2. The molecule has 0 fully saturated rings. The number of hydrogen-bond acceptors (Lipinski definition) is 8. The van der Waals surface area contributed by atoms with Crippen LogP contribution in [0.15, 0.2) is 18.2 Å². The fraction of sp³-hybridized carbons (Fsp3) is 0.467. The number of aliphatic hydroxyl groups excluding tert-OH is 1. The van der Waals surface area contributed by atoms with Crippen molar-refractivity contribution in [3.8, 4) is 11.1 Å². The van der Waals surface area contributed by atoms with Crippen LogP contribution < -0.4 is 0 Å². The van der Waals surface area contributed by atoms with Crippen molar-refractivity contribution in [2.45, 2.75) is 63.7 Å². The van der Waals surface area contributed by atoms with E-state index in [4.69, 9.17) is 26.2 Å². The van der Waals surface area contributed by atoms with Gasteiger partial charge >= 0.3 is 11.9 Å². The van der Waals surface area contributed by atoms with Crippen molar-refractivity contribution in [3.63, 3.8) is 0 Å². The zero-order chi connectivity index (χ0) is 30.0. The quantitative estimate of drug-likeness (QED) is 0.186. The van der Waals surface area contributed by atoms with E-state index in [2.05, 4.69) is 9.78 Å². The third kappa shape index (κ3) is 5.82. The summed E-state index contributed by atoms with van der Waals surface area (Å²) in [6.45, 7) is 2.45. The van der Waals surface area contributed by atoms with E-state index in [1.807, 2.05) is 36.9 Å². The highest BCUT2D eigenvalue weighted by atomic mass is 35.5. The highest BCUT2D eigenvalue weighted by molar-refractivity contribution is 7.97. The first-order valence-corrected chi connectivity index (χ1v) is 15.6. The number of halogens is 1. The number of carbonyl (C=O) groups is 2. The van der Waals surface area contributed by atoms with Gasteiger partial charge in [-0.1, -0.05) is 17.7 Å². The predicted octanol–water partition coefficient (Wildman–Crippen LogP) is 4.97. The number of methoxy groups -OCH3 is 1. The average Bonchev–Trinajstić information content (AvgIpc) is 3.61. The number of rotatable bonds is 11. The number of aliphatic hydroxyl groups is 1. The predicted molar refractivity (Wildman–Crippen MR) is 163 cm³/mol. The van der Waals surface area contributed by atoms with Crippen LogP contribution in [0.25, 0.3) is 22.0 Å². The maximum atomic E-state index is 13.1. The molecule has 1 aliphatic heterocycles. The number of aryl methyl sites for hydroxylation is 4. The number of aromatic nitrogens is 5. The number of esters is 2. The molecule has 0 spiro atoms. The van der Waals surface area contributed by atoms with Crippen LogP contribution in [0.2, 0.25) is 5.02 Å². The normalized spacial score (nSPS) is 13.0. The first kappa shape index (κ1) is 30.2. The van der Waals surface area contributed by atoms with Crippen LogP contribution in [0.5, 0.6) is 0 Å². The molecule has 12 heteroatoms. The van der Waals surface area contributed by atoms with Crippen LogP contribution in [0.3, 0.4) is 0 Å². The molecule has 0 aliphatic carbocycles. The fourth-order valence-electron chi connectivity index (χ4n) is 5.89. The Bertz CT molecular complexity index is 1640. The monoisotopic (exact) mass is 613 g/mol. The number of ether oxygens (including phenoxy) is 2. The van der Waals surface area contributed by atoms with E-state index in [9.17, 15) is 14.7 Å². The van der Waals surface area contributed by atoms with Crippen LogP contribution >= 0.6 is 23.4 Å². The molecule has 0 amide bonds. The van der Waals surface area contributed by atoms with Crippen molar-refractivity contribution in [1.82, 2.24) is 24.1 Å². The number of nitrogens with zero attached hydrogens (tertiary/aromatic N) is 5. The van der Waals surface area contributed by atoms with E-state index in [0.29, 0.717) is 35.1 Å². The Labute approximate surface area is 253 Å². The smallest absolute Gasteiger partial charge is 0.354 e. The second-order valence-corrected chi connectivity index (χ2v) is 11.9. The summed E-state index contributed by atoms with van der Waals surface area (Å²) in [5.74, 6) is 0.569. The summed E-state index contributed by atoms with van der Waals surface area (Å²) in [6, 6.07) is 5.77. The van der Waals surface area contributed by atoms with Crippen LogP contribution in [-0.4, -0.2) is 54.9 Å². The van der Waals surface area contributed by atoms with Gasteiger partial charge in [0, 0.05) is 61.3 Å². The molecule has 42 heavy (non-hydrogen) atoms. The summed E-state index contributed by atoms with van der Waals surface area (Å²) < 4.78 is 16.1. The SMILES string of the molecule is COC(=O)c1c(CCCOC(C)=O)c2ccc(Cl)c(-c3c(CSCc4cc(CO)n(C)n4)nn4c3CCCC4)c2n1C. The molecule has 1 aromatic carbocycles. The third-order valence-electron chi connectivity index (χ3n) is 7.76. The maximum Gasteiger partial charge on any atom is 0.354 e. The lowest BCUT2D eigenvalue weighted by Crippen LogP contribution is -2.12. The summed E-state index contributed by atoms with van der Waals surface area (Å²) in [6.07, 6.45) is 4.13. The van der Waals surface area contributed by atoms with E-state index in [-0.39, 0.29) is 19.2 Å². The lowest BCUT2D eigenvalue weighted by atomic mass is 9.95. The topological polar surface area (TPSA) is 113 Å². The van der Waals surface area contributed by atoms with Gasteiger partial charge < -0.3 is 19.1 Å². The number of hydrogen-bond donors (Lipinski definition) is 1. The molecule has 1 aliphatic rings. The molecule has 10 nitrogen and oxygen atoms in total. The molecule has 0 bridgehead atoms. The summed E-state index contributed by atoms with van der Waals surface area (Å²) in [7, 11) is 5.08. The number of thioether (sulfide) groups is 1. The molecule has 5 rings (SSSR count). The lowest BCUT2D eigenvalue weighted by molar-refractivity contribution is -0.141. The molecular formula is C30H36ClN5O5S. The Morgan fingerprint density at radius 1 is 1.14 bits per heavy atom. The summed E-state index contributed by atoms with van der Waals surface area (Å²) in [5, 5.41) is 20.6. The standard InChI is InChI=1S/C30H36ClN5O5S/c1-18(38)41-13-7-8-21-22-10-11-23(31)26(28(22)34(2)29(21)30(39)40-4)27-24(33-36-12-6-5-9-25(27)36)17-42-16-19-14-20(15-37)35(3)32-19/h10-11,14,37H,5-9,12-13,15-17H2,1-4H3. The average molecular weight is 614 g/mol. The van der Waals surface area contributed by atoms with Gasteiger partial charge in [0.1, 0.15) is 5.69 Å². The summed E-state index contributed by atoms with van der Waals surface area (Å²) in [5.41, 5.74) is 7.84. The molecule has 224 valence electrons. The third-order valence-corrected chi connectivity index (χ3v) is 9.05. The molecule has 4 heterocycles. The molecular weight excluding hydrogens is 578 g/mol. The van der Waals surface area contributed by atoms with Crippen LogP contribution in [0.4, 0.5) is 0 Å². The minimum Gasteiger partial charge on any atom is -0.466 e. The molecule has 4 aromatic rings. The van der Waals surface area contributed by atoms with Crippen LogP contribution in [0, 0.1) is 0 Å². The van der Waals surface area contributed by atoms with Crippen molar-refractivity contribution in [3.05, 3.63) is 57.3 Å². The van der Waals surface area contributed by atoms with Crippen molar-refractivity contribution < 1.29 is 24.2 Å². The Hall–Kier alpha value is -3.28. The number of benzene rings is 1. The first-order chi connectivity index (χ1) is 20.2. The summed E-state index contributed by atoms with van der Waals surface area (Å²) >= 11 is 8.73. The van der Waals surface area contributed by atoms with E-state index in [1.165, 1.54) is 14.0 Å². The van der Waals surface area contributed by atoms with Gasteiger partial charge in [-0.25, -0.2) is 4.79 Å². The lowest BCUT2D eigenvalue weighted by Gasteiger charge is -2.16. The van der Waals surface area contributed by atoms with Crippen LogP contribution in [-0.2, 0) is 65.9 Å². The fourth-order valence-corrected chi connectivity index (χ4v) is 6.98. The van der Waals surface area contributed by atoms with E-state index in [0.717, 1.165) is 76.2 Å². The second kappa shape index (κ2) is 12.9. The Balaban J connectivity index is 1.59. The van der Waals surface area contributed by atoms with Gasteiger partial charge in [0.05, 0.1) is 47.9 Å². The van der Waals surface area contributed by atoms with Crippen molar-refractivity contribution >= 4 is 46.2 Å². The van der Waals surface area contributed by atoms with E-state index in [1.54, 1.807) is 16.4 Å². The van der Waals surface area contributed by atoms with Gasteiger partial charge in [0.15, 0.2) is 0 Å². The second-order valence-electron chi connectivity index (χ2n) is 10.5. The van der Waals surface area contributed by atoms with Crippen molar-refractivity contribution in [2.75, 3.05) is 13.7 Å². The van der Waals surface area contributed by atoms with Crippen molar-refractivity contribution in [2.24, 2.45) is 14.1 Å². The Morgan fingerprint density at radius 3 is 2.67 bits per heavy atom. The molecule has 3 aromatic heterocycles. The minimum atomic E-state index is -0.427. The molecule has 0 saturated heterocycles. The maximum absolute atomic E-state index is 13.1. The summed E-state index contributed by atoms with van der Waals surface area (Å²) in [4.78, 5) is 24.4. The van der Waals surface area contributed by atoms with Gasteiger partial charge in [-0.3, -0.25) is 14.2 Å². The highest BCUT2D eigenvalue weighted by Gasteiger charge is 2.29. The minimum absolute atomic E-state index is 0.0510. The van der Waals surface area contributed by atoms with Crippen molar-refractivity contribution in [1.29, 1.82) is 0 Å². The largest absolute Gasteiger partial charge is 0.466 e. The Morgan fingerprint density at radius 2 is 1.95 bits per heavy atom. The Kier molecular flexibility index (Phi) is 9.29. The van der Waals surface area contributed by atoms with Gasteiger partial charge in [-0.05, 0) is 49.8 Å². The zero-order valence-electron chi connectivity index (χ0n) is 24.4. The van der Waals surface area contributed by atoms with Gasteiger partial charge in [0.2, 0.25) is 0 Å². The molecule has 0 atom stereocenters. The van der Waals surface area contributed by atoms with Crippen LogP contribution in [0.1, 0.15) is 65.0 Å². The molecule has 0 saturated carbocycles. The molecule has 0 unspecified atom stereocenters. The highest BCUT2D eigenvalue weighted by Crippen LogP contribution is 2.44. The zero-order valence-corrected chi connectivity index (χ0v) is 26.0. The van der Waals surface area contributed by atoms with E-state index < -0.39 is 5.97 Å². The number of fused-ring (bicyclic) bond motifs is 2. The first-order valence-electron chi connectivity index (χ1n) is 14.1.